The fourth-order valence-corrected chi connectivity index (χ4v) is 2.97. The van der Waals surface area contributed by atoms with Crippen LogP contribution in [0.25, 0.3) is 0 Å². The molecule has 0 aliphatic heterocycles. The van der Waals surface area contributed by atoms with Gasteiger partial charge < -0.3 is 5.32 Å². The molecular formula is C24H24ClN3O. The summed E-state index contributed by atoms with van der Waals surface area (Å²) in [7, 11) is 0. The zero-order valence-electron chi connectivity index (χ0n) is 16.9. The lowest BCUT2D eigenvalue weighted by Crippen LogP contribution is -2.29. The number of benzene rings is 2. The third-order valence-electron chi connectivity index (χ3n) is 4.48. The van der Waals surface area contributed by atoms with Gasteiger partial charge in [-0.2, -0.15) is 5.26 Å². The molecule has 5 heteroatoms. The Hall–Kier alpha value is -3.16. The van der Waals surface area contributed by atoms with E-state index in [0.29, 0.717) is 22.7 Å². The number of rotatable bonds is 7. The average molecular weight is 406 g/mol. The number of carbonyl (C=O) groups is 1. The van der Waals surface area contributed by atoms with Crippen molar-refractivity contribution in [2.24, 2.45) is 4.99 Å². The number of nitriles is 1. The Morgan fingerprint density at radius 1 is 1.24 bits per heavy atom. The summed E-state index contributed by atoms with van der Waals surface area (Å²) in [5, 5.41) is 12.7. The van der Waals surface area contributed by atoms with E-state index in [1.165, 1.54) is 0 Å². The van der Waals surface area contributed by atoms with Crippen LogP contribution in [0.15, 0.2) is 70.9 Å². The van der Waals surface area contributed by atoms with E-state index in [1.54, 1.807) is 18.2 Å². The molecule has 1 N–H and O–H groups in total. The van der Waals surface area contributed by atoms with Crippen LogP contribution in [0.1, 0.15) is 46.8 Å². The maximum atomic E-state index is 12.7. The van der Waals surface area contributed by atoms with Crippen LogP contribution >= 0.6 is 11.6 Å². The van der Waals surface area contributed by atoms with Crippen molar-refractivity contribution in [2.75, 3.05) is 6.54 Å². The van der Waals surface area contributed by atoms with Gasteiger partial charge in [0.2, 0.25) is 0 Å². The van der Waals surface area contributed by atoms with Gasteiger partial charge in [-0.25, -0.2) is 0 Å². The smallest absolute Gasteiger partial charge is 0.251 e. The first kappa shape index (κ1) is 22.1. The standard InChI is InChI=1S/C24H24ClN3O/c1-16(2)5-12-23(27-4)22(18-8-10-21(25)11-9-18)15-28-24(29)19-6-7-20(14-26)17(3)13-19/h5-13,22H,4,15H2,1-3H3,(H,28,29)/b23-12-. The lowest BCUT2D eigenvalue weighted by atomic mass is 9.94. The van der Waals surface area contributed by atoms with Crippen molar-refractivity contribution in [1.82, 2.24) is 5.32 Å². The molecule has 0 heterocycles. The van der Waals surface area contributed by atoms with Crippen molar-refractivity contribution in [2.45, 2.75) is 26.7 Å². The number of aliphatic imine (C=N–C) groups is 1. The Labute approximate surface area is 177 Å². The first-order chi connectivity index (χ1) is 13.8. The summed E-state index contributed by atoms with van der Waals surface area (Å²) < 4.78 is 0. The van der Waals surface area contributed by atoms with Gasteiger partial charge >= 0.3 is 0 Å². The van der Waals surface area contributed by atoms with E-state index in [-0.39, 0.29) is 11.8 Å². The van der Waals surface area contributed by atoms with Gasteiger partial charge in [0.15, 0.2) is 0 Å². The number of hydrogen-bond donors (Lipinski definition) is 1. The molecule has 1 amide bonds. The highest BCUT2D eigenvalue weighted by atomic mass is 35.5. The molecule has 0 spiro atoms. The highest BCUT2D eigenvalue weighted by Crippen LogP contribution is 2.26. The Kier molecular flexibility index (Phi) is 7.94. The molecule has 1 atom stereocenters. The highest BCUT2D eigenvalue weighted by Gasteiger charge is 2.18. The van der Waals surface area contributed by atoms with Gasteiger partial charge in [0, 0.05) is 28.7 Å². The number of carbonyl (C=O) groups excluding carboxylic acids is 1. The third-order valence-corrected chi connectivity index (χ3v) is 4.73. The second-order valence-corrected chi connectivity index (χ2v) is 7.39. The maximum Gasteiger partial charge on any atom is 0.251 e. The normalized spacial score (nSPS) is 11.9. The number of hydrogen-bond acceptors (Lipinski definition) is 3. The highest BCUT2D eigenvalue weighted by molar-refractivity contribution is 6.30. The average Bonchev–Trinajstić information content (AvgIpc) is 2.70. The summed E-state index contributed by atoms with van der Waals surface area (Å²) in [6.07, 6.45) is 3.89. The first-order valence-electron chi connectivity index (χ1n) is 9.22. The number of amides is 1. The van der Waals surface area contributed by atoms with Crippen LogP contribution in [0, 0.1) is 18.3 Å². The van der Waals surface area contributed by atoms with Crippen molar-refractivity contribution in [3.63, 3.8) is 0 Å². The van der Waals surface area contributed by atoms with E-state index in [4.69, 9.17) is 16.9 Å². The SMILES string of the molecule is C=N/C(=C\C=C(C)C)C(CNC(=O)c1ccc(C#N)c(C)c1)c1ccc(Cl)cc1. The molecule has 1 unspecified atom stereocenters. The van der Waals surface area contributed by atoms with E-state index in [0.717, 1.165) is 22.4 Å². The van der Waals surface area contributed by atoms with Crippen molar-refractivity contribution in [1.29, 1.82) is 5.26 Å². The van der Waals surface area contributed by atoms with Gasteiger partial charge in [0.05, 0.1) is 11.6 Å². The maximum absolute atomic E-state index is 12.7. The van der Waals surface area contributed by atoms with E-state index < -0.39 is 0 Å². The minimum Gasteiger partial charge on any atom is -0.351 e. The molecule has 2 aromatic rings. The summed E-state index contributed by atoms with van der Waals surface area (Å²) in [6, 6.07) is 14.6. The molecule has 0 fully saturated rings. The van der Waals surface area contributed by atoms with Gasteiger partial charge in [0.25, 0.3) is 5.91 Å². The van der Waals surface area contributed by atoms with Gasteiger partial charge in [0.1, 0.15) is 0 Å². The van der Waals surface area contributed by atoms with Crippen LogP contribution < -0.4 is 5.32 Å². The Morgan fingerprint density at radius 3 is 2.48 bits per heavy atom. The number of allylic oxidation sites excluding steroid dienone is 3. The van der Waals surface area contributed by atoms with E-state index in [9.17, 15) is 4.79 Å². The predicted molar refractivity (Wildman–Crippen MR) is 119 cm³/mol. The zero-order chi connectivity index (χ0) is 21.4. The molecule has 0 aromatic heterocycles. The summed E-state index contributed by atoms with van der Waals surface area (Å²) >= 11 is 6.03. The quantitative estimate of drug-likeness (QED) is 0.482. The minimum atomic E-state index is -0.206. The lowest BCUT2D eigenvalue weighted by Gasteiger charge is -2.19. The van der Waals surface area contributed by atoms with Gasteiger partial charge in [-0.1, -0.05) is 35.4 Å². The molecule has 148 valence electrons. The zero-order valence-corrected chi connectivity index (χ0v) is 17.6. The van der Waals surface area contributed by atoms with Crippen LogP contribution in [0.3, 0.4) is 0 Å². The molecule has 29 heavy (non-hydrogen) atoms. The van der Waals surface area contributed by atoms with E-state index in [1.807, 2.05) is 57.2 Å². The summed E-state index contributed by atoms with van der Waals surface area (Å²) in [5.41, 5.74) is 4.71. The molecule has 4 nitrogen and oxygen atoms in total. The fraction of sp³-hybridized carbons (Fsp3) is 0.208. The molecule has 0 bridgehead atoms. The summed E-state index contributed by atoms with van der Waals surface area (Å²) in [6.45, 7) is 9.87. The van der Waals surface area contributed by atoms with Crippen LogP contribution in [-0.4, -0.2) is 19.2 Å². The topological polar surface area (TPSA) is 65.2 Å². The predicted octanol–water partition coefficient (Wildman–Crippen LogP) is 5.58. The second-order valence-electron chi connectivity index (χ2n) is 6.95. The van der Waals surface area contributed by atoms with Gasteiger partial charge in [-0.3, -0.25) is 9.79 Å². The Balaban J connectivity index is 2.29. The number of nitrogens with zero attached hydrogens (tertiary/aromatic N) is 2. The Bertz CT molecular complexity index is 994. The fourth-order valence-electron chi connectivity index (χ4n) is 2.85. The molecule has 2 aromatic carbocycles. The van der Waals surface area contributed by atoms with Gasteiger partial charge in [-0.05, 0) is 75.0 Å². The largest absolute Gasteiger partial charge is 0.351 e. The van der Waals surface area contributed by atoms with Crippen LogP contribution in [0.4, 0.5) is 0 Å². The Morgan fingerprint density at radius 2 is 1.93 bits per heavy atom. The van der Waals surface area contributed by atoms with E-state index >= 15 is 0 Å². The van der Waals surface area contributed by atoms with Crippen molar-refractivity contribution >= 4 is 24.2 Å². The van der Waals surface area contributed by atoms with Crippen LogP contribution in [0.2, 0.25) is 5.02 Å². The lowest BCUT2D eigenvalue weighted by molar-refractivity contribution is 0.0952. The van der Waals surface area contributed by atoms with Crippen LogP contribution in [0.5, 0.6) is 0 Å². The third kappa shape index (κ3) is 6.17. The number of halogens is 1. The monoisotopic (exact) mass is 405 g/mol. The van der Waals surface area contributed by atoms with Crippen molar-refractivity contribution < 1.29 is 4.79 Å². The number of aryl methyl sites for hydroxylation is 1. The van der Waals surface area contributed by atoms with Crippen molar-refractivity contribution in [3.05, 3.63) is 93.2 Å². The summed E-state index contributed by atoms with van der Waals surface area (Å²) in [5.74, 6) is -0.383. The second kappa shape index (κ2) is 10.4. The molecular weight excluding hydrogens is 382 g/mol. The molecule has 0 aliphatic carbocycles. The molecule has 0 radical (unpaired) electrons. The first-order valence-corrected chi connectivity index (χ1v) is 9.59. The minimum absolute atomic E-state index is 0.177. The molecule has 0 saturated carbocycles. The van der Waals surface area contributed by atoms with E-state index in [2.05, 4.69) is 23.1 Å². The van der Waals surface area contributed by atoms with Crippen LogP contribution in [-0.2, 0) is 0 Å². The van der Waals surface area contributed by atoms with Crippen molar-refractivity contribution in [3.8, 4) is 6.07 Å². The summed E-state index contributed by atoms with van der Waals surface area (Å²) in [4.78, 5) is 16.9. The molecule has 0 saturated heterocycles. The molecule has 2 rings (SSSR count). The van der Waals surface area contributed by atoms with Gasteiger partial charge in [-0.15, -0.1) is 0 Å². The molecule has 0 aliphatic rings. The number of nitrogens with one attached hydrogen (secondary N) is 1.